The number of urea groups is 1. The normalized spacial score (nSPS) is 10.7. The van der Waals surface area contributed by atoms with Crippen molar-refractivity contribution < 1.29 is 9.21 Å². The van der Waals surface area contributed by atoms with Gasteiger partial charge in [-0.3, -0.25) is 0 Å². The summed E-state index contributed by atoms with van der Waals surface area (Å²) in [7, 11) is 0. The van der Waals surface area contributed by atoms with E-state index in [2.05, 4.69) is 25.9 Å². The van der Waals surface area contributed by atoms with Crippen molar-refractivity contribution in [2.45, 2.75) is 6.54 Å². The summed E-state index contributed by atoms with van der Waals surface area (Å²) in [6, 6.07) is 15.2. The highest BCUT2D eigenvalue weighted by Gasteiger charge is 2.13. The van der Waals surface area contributed by atoms with Crippen LogP contribution in [0.4, 0.5) is 10.7 Å². The molecule has 0 unspecified atom stereocenters. The zero-order valence-electron chi connectivity index (χ0n) is 15.0. The third-order valence-corrected chi connectivity index (χ3v) is 4.96. The van der Waals surface area contributed by atoms with Crippen LogP contribution in [0.1, 0.15) is 5.56 Å². The molecule has 0 saturated carbocycles. The minimum absolute atomic E-state index is 0.212. The van der Waals surface area contributed by atoms with Crippen molar-refractivity contribution in [1.29, 1.82) is 0 Å². The second-order valence-electron chi connectivity index (χ2n) is 6.03. The minimum atomic E-state index is -0.212. The molecule has 0 radical (unpaired) electrons. The molecule has 4 rings (SSSR count). The molecule has 3 N–H and O–H groups in total. The molecule has 0 bridgehead atoms. The number of nitrogens with zero attached hydrogens (tertiary/aromatic N) is 2. The van der Waals surface area contributed by atoms with Gasteiger partial charge in [0.2, 0.25) is 5.95 Å². The summed E-state index contributed by atoms with van der Waals surface area (Å²) in [5, 5.41) is 10.8. The molecule has 0 aliphatic heterocycles. The van der Waals surface area contributed by atoms with Crippen molar-refractivity contribution in [2.75, 3.05) is 18.4 Å². The van der Waals surface area contributed by atoms with Crippen LogP contribution in [0, 0.1) is 0 Å². The summed E-state index contributed by atoms with van der Waals surface area (Å²) in [6.07, 6.45) is 1.63. The van der Waals surface area contributed by atoms with E-state index in [-0.39, 0.29) is 6.03 Å². The molecule has 4 aromatic rings. The first-order chi connectivity index (χ1) is 13.8. The van der Waals surface area contributed by atoms with Crippen molar-refractivity contribution in [2.24, 2.45) is 0 Å². The highest BCUT2D eigenvalue weighted by molar-refractivity contribution is 7.17. The first-order valence-electron chi connectivity index (χ1n) is 8.88. The predicted octanol–water partition coefficient (Wildman–Crippen LogP) is 3.86. The molecular formula is C20H19N5O2S. The molecule has 0 aliphatic rings. The van der Waals surface area contributed by atoms with Gasteiger partial charge in [0.25, 0.3) is 0 Å². The zero-order valence-corrected chi connectivity index (χ0v) is 15.8. The Morgan fingerprint density at radius 1 is 1.00 bits per heavy atom. The first kappa shape index (κ1) is 18.0. The lowest BCUT2D eigenvalue weighted by Crippen LogP contribution is -2.37. The Kier molecular flexibility index (Phi) is 5.48. The van der Waals surface area contributed by atoms with Crippen molar-refractivity contribution in [3.63, 3.8) is 0 Å². The molecule has 142 valence electrons. The number of amides is 2. The number of hydrogen-bond donors (Lipinski definition) is 3. The fraction of sp³-hybridized carbons (Fsp3) is 0.150. The van der Waals surface area contributed by atoms with E-state index >= 15 is 0 Å². The van der Waals surface area contributed by atoms with Crippen LogP contribution in [0.25, 0.3) is 21.7 Å². The van der Waals surface area contributed by atoms with Gasteiger partial charge < -0.3 is 20.4 Å². The molecular weight excluding hydrogens is 374 g/mol. The van der Waals surface area contributed by atoms with Gasteiger partial charge >= 0.3 is 6.03 Å². The molecule has 3 heterocycles. The van der Waals surface area contributed by atoms with Crippen molar-refractivity contribution in [1.82, 2.24) is 20.6 Å². The van der Waals surface area contributed by atoms with Crippen LogP contribution in [0.2, 0.25) is 0 Å². The maximum atomic E-state index is 11.9. The smallest absolute Gasteiger partial charge is 0.315 e. The van der Waals surface area contributed by atoms with E-state index in [0.29, 0.717) is 31.3 Å². The first-order valence-corrected chi connectivity index (χ1v) is 9.76. The Morgan fingerprint density at radius 2 is 1.89 bits per heavy atom. The van der Waals surface area contributed by atoms with Crippen LogP contribution in [0.5, 0.6) is 0 Å². The monoisotopic (exact) mass is 393 g/mol. The van der Waals surface area contributed by atoms with E-state index in [0.717, 1.165) is 21.5 Å². The molecule has 3 aromatic heterocycles. The molecule has 0 spiro atoms. The minimum Gasteiger partial charge on any atom is -0.463 e. The van der Waals surface area contributed by atoms with Gasteiger partial charge in [0.15, 0.2) is 5.76 Å². The number of fused-ring (bicyclic) bond motifs is 1. The van der Waals surface area contributed by atoms with Gasteiger partial charge in [-0.2, -0.15) is 0 Å². The lowest BCUT2D eigenvalue weighted by atomic mass is 10.2. The molecule has 0 atom stereocenters. The molecule has 7 nitrogen and oxygen atoms in total. The number of anilines is 1. The largest absolute Gasteiger partial charge is 0.463 e. The van der Waals surface area contributed by atoms with Gasteiger partial charge in [-0.1, -0.05) is 30.3 Å². The van der Waals surface area contributed by atoms with Crippen LogP contribution >= 0.6 is 11.3 Å². The quantitative estimate of drug-likeness (QED) is 0.415. The summed E-state index contributed by atoms with van der Waals surface area (Å²) in [5.74, 6) is 1.21. The number of nitrogens with one attached hydrogen (secondary N) is 3. The second kappa shape index (κ2) is 8.53. The van der Waals surface area contributed by atoms with Crippen LogP contribution in [0.3, 0.4) is 0 Å². The Balaban J connectivity index is 1.30. The van der Waals surface area contributed by atoms with Gasteiger partial charge in [0.1, 0.15) is 5.69 Å². The standard InChI is InChI=1S/C20H19N5O2S/c26-20(23-13-14-5-2-1-3-6-14)22-10-9-21-19-24-15-8-12-28-18(15)17(25-19)16-7-4-11-27-16/h1-8,11-12H,9-10,13H2,(H,21,24,25)(H2,22,23,26). The lowest BCUT2D eigenvalue weighted by molar-refractivity contribution is 0.241. The SMILES string of the molecule is O=C(NCCNc1nc(-c2ccco2)c2sccc2n1)NCc1ccccc1. The Labute approximate surface area is 165 Å². The molecule has 2 amide bonds. The summed E-state index contributed by atoms with van der Waals surface area (Å²) in [6.45, 7) is 1.44. The van der Waals surface area contributed by atoms with Gasteiger partial charge in [-0.15, -0.1) is 11.3 Å². The van der Waals surface area contributed by atoms with Crippen LogP contribution in [0.15, 0.2) is 64.6 Å². The lowest BCUT2D eigenvalue weighted by Gasteiger charge is -2.09. The van der Waals surface area contributed by atoms with Crippen LogP contribution in [-0.2, 0) is 6.54 Å². The van der Waals surface area contributed by atoms with Crippen molar-refractivity contribution in [3.05, 3.63) is 65.7 Å². The molecule has 0 saturated heterocycles. The van der Waals surface area contributed by atoms with E-state index in [4.69, 9.17) is 4.42 Å². The number of hydrogen-bond acceptors (Lipinski definition) is 6. The summed E-state index contributed by atoms with van der Waals surface area (Å²) in [5.41, 5.74) is 2.68. The number of furan rings is 1. The highest BCUT2D eigenvalue weighted by Crippen LogP contribution is 2.31. The van der Waals surface area contributed by atoms with Crippen LogP contribution < -0.4 is 16.0 Å². The molecule has 0 fully saturated rings. The van der Waals surface area contributed by atoms with Gasteiger partial charge in [-0.05, 0) is 29.1 Å². The maximum Gasteiger partial charge on any atom is 0.315 e. The highest BCUT2D eigenvalue weighted by atomic mass is 32.1. The Bertz CT molecular complexity index is 1050. The Hall–Kier alpha value is -3.39. The number of carbonyl (C=O) groups excluding carboxylic acids is 1. The van der Waals surface area contributed by atoms with E-state index in [1.165, 1.54) is 0 Å². The predicted molar refractivity (Wildman–Crippen MR) is 110 cm³/mol. The molecule has 8 heteroatoms. The summed E-state index contributed by atoms with van der Waals surface area (Å²) in [4.78, 5) is 21.0. The third-order valence-electron chi connectivity index (χ3n) is 4.05. The molecule has 1 aromatic carbocycles. The molecule has 0 aliphatic carbocycles. The average molecular weight is 393 g/mol. The van der Waals surface area contributed by atoms with Crippen molar-refractivity contribution >= 4 is 33.5 Å². The third kappa shape index (κ3) is 4.29. The zero-order chi connectivity index (χ0) is 19.2. The number of carbonyl (C=O) groups is 1. The average Bonchev–Trinajstić information content (AvgIpc) is 3.41. The van der Waals surface area contributed by atoms with Gasteiger partial charge in [0, 0.05) is 19.6 Å². The maximum absolute atomic E-state index is 11.9. The molecule has 28 heavy (non-hydrogen) atoms. The van der Waals surface area contributed by atoms with E-state index in [1.807, 2.05) is 53.9 Å². The van der Waals surface area contributed by atoms with Crippen molar-refractivity contribution in [3.8, 4) is 11.5 Å². The number of benzene rings is 1. The van der Waals surface area contributed by atoms with E-state index in [9.17, 15) is 4.79 Å². The fourth-order valence-electron chi connectivity index (χ4n) is 2.71. The fourth-order valence-corrected chi connectivity index (χ4v) is 3.54. The topological polar surface area (TPSA) is 92.1 Å². The summed E-state index contributed by atoms with van der Waals surface area (Å²) >= 11 is 1.58. The summed E-state index contributed by atoms with van der Waals surface area (Å²) < 4.78 is 6.48. The van der Waals surface area contributed by atoms with E-state index < -0.39 is 0 Å². The number of thiophene rings is 1. The van der Waals surface area contributed by atoms with Crippen LogP contribution in [-0.4, -0.2) is 29.1 Å². The second-order valence-corrected chi connectivity index (χ2v) is 6.95. The number of aromatic nitrogens is 2. The van der Waals surface area contributed by atoms with Gasteiger partial charge in [0.05, 0.1) is 16.5 Å². The number of rotatable bonds is 7. The van der Waals surface area contributed by atoms with Gasteiger partial charge in [-0.25, -0.2) is 14.8 Å². The van der Waals surface area contributed by atoms with E-state index in [1.54, 1.807) is 17.6 Å². The Morgan fingerprint density at radius 3 is 2.71 bits per heavy atom.